The lowest BCUT2D eigenvalue weighted by molar-refractivity contribution is -0.139. The molecular weight excluding hydrogens is 273 g/mol. The first kappa shape index (κ1) is 14.6. The van der Waals surface area contributed by atoms with Gasteiger partial charge >= 0.3 is 6.18 Å². The summed E-state index contributed by atoms with van der Waals surface area (Å²) in [5, 5.41) is 0. The Hall–Kier alpha value is -1.76. The van der Waals surface area contributed by atoms with E-state index >= 15 is 0 Å². The third-order valence-electron chi connectivity index (χ3n) is 3.21. The van der Waals surface area contributed by atoms with Crippen LogP contribution in [0.25, 0.3) is 0 Å². The van der Waals surface area contributed by atoms with E-state index in [1.165, 1.54) is 0 Å². The van der Waals surface area contributed by atoms with Crippen molar-refractivity contribution in [2.45, 2.75) is 18.7 Å². The topological polar surface area (TPSA) is 55.6 Å². The van der Waals surface area contributed by atoms with E-state index < -0.39 is 17.6 Å². The number of alkyl halides is 3. The van der Waals surface area contributed by atoms with Gasteiger partial charge in [0.05, 0.1) is 5.56 Å². The number of benzene rings is 1. The lowest BCUT2D eigenvalue weighted by Crippen LogP contribution is -2.23. The molecule has 1 aromatic carbocycles. The van der Waals surface area contributed by atoms with E-state index in [4.69, 9.17) is 10.5 Å². The molecule has 4 nitrogen and oxygen atoms in total. The van der Waals surface area contributed by atoms with Crippen molar-refractivity contribution in [3.63, 3.8) is 0 Å². The Balaban J connectivity index is 2.31. The highest BCUT2D eigenvalue weighted by Crippen LogP contribution is 2.37. The molecule has 0 spiro atoms. The summed E-state index contributed by atoms with van der Waals surface area (Å²) < 4.78 is 44.2. The van der Waals surface area contributed by atoms with E-state index in [0.29, 0.717) is 13.0 Å². The van der Waals surface area contributed by atoms with E-state index in [9.17, 15) is 18.0 Å². The quantitative estimate of drug-likeness (QED) is 0.924. The van der Waals surface area contributed by atoms with Gasteiger partial charge in [-0.1, -0.05) is 0 Å². The number of rotatable bonds is 3. The number of nitrogens with two attached hydrogens (primary N) is 1. The van der Waals surface area contributed by atoms with E-state index in [1.54, 1.807) is 0 Å². The van der Waals surface area contributed by atoms with E-state index in [2.05, 4.69) is 0 Å². The molecule has 1 aromatic rings. The lowest BCUT2D eigenvalue weighted by Gasteiger charge is -2.18. The summed E-state index contributed by atoms with van der Waals surface area (Å²) in [5.74, 6) is -1.12. The fraction of sp³-hybridized carbons (Fsp3) is 0.462. The maximum Gasteiger partial charge on any atom is 0.419 e. The van der Waals surface area contributed by atoms with Crippen LogP contribution < -0.4 is 10.5 Å². The predicted molar refractivity (Wildman–Crippen MR) is 66.5 cm³/mol. The highest BCUT2D eigenvalue weighted by molar-refractivity contribution is 5.93. The van der Waals surface area contributed by atoms with Crippen molar-refractivity contribution in [3.05, 3.63) is 29.3 Å². The molecule has 1 heterocycles. The highest BCUT2D eigenvalue weighted by Gasteiger charge is 2.35. The van der Waals surface area contributed by atoms with Gasteiger partial charge in [0.15, 0.2) is 0 Å². The molecule has 0 radical (unpaired) electrons. The van der Waals surface area contributed by atoms with Crippen LogP contribution in [0.15, 0.2) is 18.2 Å². The summed E-state index contributed by atoms with van der Waals surface area (Å²) in [5.41, 5.74) is 4.20. The molecule has 20 heavy (non-hydrogen) atoms. The summed E-state index contributed by atoms with van der Waals surface area (Å²) in [6.45, 7) is 1.32. The summed E-state index contributed by atoms with van der Waals surface area (Å²) in [6, 6.07) is 2.94. The number of ether oxygens (including phenoxy) is 1. The molecule has 2 N–H and O–H groups in total. The number of hydrogen-bond acceptors (Lipinski definition) is 3. The third kappa shape index (κ3) is 3.22. The fourth-order valence-electron chi connectivity index (χ4n) is 2.18. The number of amides is 1. The van der Waals surface area contributed by atoms with Crippen molar-refractivity contribution in [2.24, 2.45) is 5.73 Å². The Morgan fingerprint density at radius 1 is 1.45 bits per heavy atom. The van der Waals surface area contributed by atoms with Crippen LogP contribution in [0.1, 0.15) is 22.3 Å². The first-order chi connectivity index (χ1) is 9.27. The zero-order valence-electron chi connectivity index (χ0n) is 10.9. The van der Waals surface area contributed by atoms with Crippen LogP contribution in [0.4, 0.5) is 13.2 Å². The first-order valence-corrected chi connectivity index (χ1v) is 6.13. The summed E-state index contributed by atoms with van der Waals surface area (Å²) in [4.78, 5) is 13.0. The summed E-state index contributed by atoms with van der Waals surface area (Å²) in [7, 11) is 1.87. The van der Waals surface area contributed by atoms with Gasteiger partial charge in [-0.05, 0) is 31.7 Å². The van der Waals surface area contributed by atoms with Crippen LogP contribution in [-0.4, -0.2) is 37.0 Å². The Morgan fingerprint density at radius 3 is 2.65 bits per heavy atom. The Kier molecular flexibility index (Phi) is 3.89. The average Bonchev–Trinajstić information content (AvgIpc) is 2.73. The van der Waals surface area contributed by atoms with Crippen molar-refractivity contribution in [1.29, 1.82) is 0 Å². The van der Waals surface area contributed by atoms with Crippen LogP contribution in [0.2, 0.25) is 0 Å². The molecule has 0 unspecified atom stereocenters. The predicted octanol–water partition coefficient (Wildman–Crippen LogP) is 1.89. The first-order valence-electron chi connectivity index (χ1n) is 6.13. The number of hydrogen-bond donors (Lipinski definition) is 1. The van der Waals surface area contributed by atoms with E-state index in [-0.39, 0.29) is 17.4 Å². The number of nitrogens with zero attached hydrogens (tertiary/aromatic N) is 1. The fourth-order valence-corrected chi connectivity index (χ4v) is 2.18. The van der Waals surface area contributed by atoms with Gasteiger partial charge in [-0.3, -0.25) is 4.79 Å². The van der Waals surface area contributed by atoms with Gasteiger partial charge in [0.25, 0.3) is 0 Å². The van der Waals surface area contributed by atoms with Crippen molar-refractivity contribution >= 4 is 5.91 Å². The molecule has 1 aliphatic heterocycles. The minimum Gasteiger partial charge on any atom is -0.488 e. The molecular formula is C13H15F3N2O2. The maximum atomic E-state index is 12.9. The molecule has 0 aliphatic carbocycles. The van der Waals surface area contributed by atoms with Crippen LogP contribution >= 0.6 is 0 Å². The second-order valence-corrected chi connectivity index (χ2v) is 4.86. The Morgan fingerprint density at radius 2 is 2.15 bits per heavy atom. The zero-order chi connectivity index (χ0) is 14.9. The molecule has 1 saturated heterocycles. The molecule has 1 amide bonds. The van der Waals surface area contributed by atoms with Crippen LogP contribution in [0.5, 0.6) is 5.75 Å². The average molecular weight is 288 g/mol. The molecule has 0 saturated carbocycles. The SMILES string of the molecule is CN1CC[C@@H](Oc2cc(C(N)=O)ccc2C(F)(F)F)C1. The van der Waals surface area contributed by atoms with Crippen LogP contribution in [0, 0.1) is 0 Å². The van der Waals surface area contributed by atoms with Gasteiger partial charge < -0.3 is 15.4 Å². The largest absolute Gasteiger partial charge is 0.488 e. The molecule has 0 aromatic heterocycles. The zero-order valence-corrected chi connectivity index (χ0v) is 10.9. The normalized spacial score (nSPS) is 20.1. The van der Waals surface area contributed by atoms with Gasteiger partial charge in [-0.25, -0.2) is 0 Å². The summed E-state index contributed by atoms with van der Waals surface area (Å²) in [6.07, 6.45) is -4.20. The van der Waals surface area contributed by atoms with Gasteiger partial charge in [-0.2, -0.15) is 13.2 Å². The monoisotopic (exact) mass is 288 g/mol. The third-order valence-corrected chi connectivity index (χ3v) is 3.21. The van der Waals surface area contributed by atoms with Crippen LogP contribution in [-0.2, 0) is 6.18 Å². The number of carbonyl (C=O) groups excluding carboxylic acids is 1. The number of likely N-dealkylation sites (tertiary alicyclic amines) is 1. The molecule has 1 aliphatic rings. The van der Waals surface area contributed by atoms with Gasteiger partial charge in [0, 0.05) is 18.7 Å². The van der Waals surface area contributed by atoms with Crippen molar-refractivity contribution < 1.29 is 22.7 Å². The molecule has 1 fully saturated rings. The van der Waals surface area contributed by atoms with Gasteiger partial charge in [-0.15, -0.1) is 0 Å². The van der Waals surface area contributed by atoms with Crippen molar-refractivity contribution in [2.75, 3.05) is 20.1 Å². The minimum absolute atomic E-state index is 0.000600. The highest BCUT2D eigenvalue weighted by atomic mass is 19.4. The Bertz CT molecular complexity index is 517. The minimum atomic E-state index is -4.53. The second-order valence-electron chi connectivity index (χ2n) is 4.86. The van der Waals surface area contributed by atoms with Gasteiger partial charge in [0.1, 0.15) is 11.9 Å². The number of halogens is 3. The van der Waals surface area contributed by atoms with E-state index in [1.807, 2.05) is 11.9 Å². The summed E-state index contributed by atoms with van der Waals surface area (Å²) >= 11 is 0. The number of primary amides is 1. The van der Waals surface area contributed by atoms with Crippen molar-refractivity contribution in [1.82, 2.24) is 4.90 Å². The maximum absolute atomic E-state index is 12.9. The number of carbonyl (C=O) groups is 1. The lowest BCUT2D eigenvalue weighted by atomic mass is 10.1. The van der Waals surface area contributed by atoms with E-state index in [0.717, 1.165) is 24.7 Å². The number of likely N-dealkylation sites (N-methyl/N-ethyl adjacent to an activating group) is 1. The van der Waals surface area contributed by atoms with Gasteiger partial charge in [0.2, 0.25) is 5.91 Å². The smallest absolute Gasteiger partial charge is 0.419 e. The standard InChI is InChI=1S/C13H15F3N2O2/c1-18-5-4-9(7-18)20-11-6-8(12(17)19)2-3-10(11)13(14,15)16/h2-3,6,9H,4-5,7H2,1H3,(H2,17,19)/t9-/m1/s1. The second kappa shape index (κ2) is 5.32. The molecule has 110 valence electrons. The molecule has 2 rings (SSSR count). The van der Waals surface area contributed by atoms with Crippen molar-refractivity contribution in [3.8, 4) is 5.75 Å². The Labute approximate surface area is 114 Å². The molecule has 0 bridgehead atoms. The molecule has 1 atom stereocenters. The van der Waals surface area contributed by atoms with Crippen LogP contribution in [0.3, 0.4) is 0 Å². The molecule has 7 heteroatoms.